The maximum absolute atomic E-state index is 14.8. The number of aliphatic carboxylic acids is 1. The van der Waals surface area contributed by atoms with Crippen LogP contribution in [0.1, 0.15) is 56.1 Å². The molecule has 1 saturated carbocycles. The molecular weight excluding hydrogens is 528 g/mol. The van der Waals surface area contributed by atoms with Crippen LogP contribution in [0.5, 0.6) is 5.75 Å². The van der Waals surface area contributed by atoms with E-state index in [1.54, 1.807) is 7.11 Å². The molecule has 3 heterocycles. The Balaban J connectivity index is 1.15. The van der Waals surface area contributed by atoms with Gasteiger partial charge in [0.25, 0.3) is 0 Å². The molecule has 3 aliphatic heterocycles. The number of nitrogens with zero attached hydrogens (tertiary/aromatic N) is 3. The maximum Gasteiger partial charge on any atom is 0.309 e. The summed E-state index contributed by atoms with van der Waals surface area (Å²) in [6, 6.07) is 5.64. The Kier molecular flexibility index (Phi) is 6.50. The summed E-state index contributed by atoms with van der Waals surface area (Å²) in [5.41, 5.74) is 1.69. The van der Waals surface area contributed by atoms with Gasteiger partial charge in [0, 0.05) is 55.5 Å². The van der Waals surface area contributed by atoms with E-state index in [0.717, 1.165) is 35.9 Å². The number of carboxylic acids is 1. The third kappa shape index (κ3) is 4.73. The van der Waals surface area contributed by atoms with Gasteiger partial charge in [0.15, 0.2) is 5.60 Å². The lowest BCUT2D eigenvalue weighted by molar-refractivity contribution is -0.150. The summed E-state index contributed by atoms with van der Waals surface area (Å²) in [5, 5.41) is 14.2. The summed E-state index contributed by atoms with van der Waals surface area (Å²) in [5.74, 6) is -0.334. The third-order valence-electron chi connectivity index (χ3n) is 8.74. The van der Waals surface area contributed by atoms with E-state index in [2.05, 4.69) is 21.0 Å². The molecule has 3 fully saturated rings. The first-order valence-corrected chi connectivity index (χ1v) is 13.8. The standard InChI is InChI=1S/C29H32ClF2N3O4/c1-28(27(36)37)7-9-35(10-8-28)23-13-29(39-33-23)15-34(16-29)14-18-11-21(17-3-4-17)24(25(30)26(18)38-2)20-6-5-19(31)12-22(20)32/h5-6,11-12,17H,3-4,7-10,13-16H2,1-2H3,(H,36,37). The normalized spacial score (nSPS) is 21.9. The van der Waals surface area contributed by atoms with E-state index in [1.807, 2.05) is 6.92 Å². The molecular formula is C29H32ClF2N3O4. The molecule has 2 saturated heterocycles. The molecule has 0 unspecified atom stereocenters. The summed E-state index contributed by atoms with van der Waals surface area (Å²) in [6.07, 6.45) is 3.87. The molecule has 39 heavy (non-hydrogen) atoms. The van der Waals surface area contributed by atoms with E-state index >= 15 is 0 Å². The molecule has 1 N–H and O–H groups in total. The Hall–Kier alpha value is -2.91. The number of likely N-dealkylation sites (tertiary alicyclic amines) is 2. The predicted octanol–water partition coefficient (Wildman–Crippen LogP) is 5.65. The first-order chi connectivity index (χ1) is 18.6. The number of hydrogen-bond donors (Lipinski definition) is 1. The minimum Gasteiger partial charge on any atom is -0.495 e. The van der Waals surface area contributed by atoms with Crippen LogP contribution < -0.4 is 4.74 Å². The van der Waals surface area contributed by atoms with Gasteiger partial charge in [-0.15, -0.1) is 0 Å². The van der Waals surface area contributed by atoms with Crippen molar-refractivity contribution in [2.45, 2.75) is 57.1 Å². The van der Waals surface area contributed by atoms with Crippen molar-refractivity contribution in [2.24, 2.45) is 10.6 Å². The molecule has 6 rings (SSSR count). The minimum atomic E-state index is -0.742. The van der Waals surface area contributed by atoms with Crippen LogP contribution >= 0.6 is 11.6 Å². The van der Waals surface area contributed by atoms with Gasteiger partial charge in [-0.3, -0.25) is 9.69 Å². The molecule has 0 atom stereocenters. The molecule has 0 amide bonds. The number of benzene rings is 2. The first kappa shape index (κ1) is 26.3. The Morgan fingerprint density at radius 3 is 2.56 bits per heavy atom. The van der Waals surface area contributed by atoms with Crippen molar-refractivity contribution < 1.29 is 28.3 Å². The number of carboxylic acid groups (broad SMARTS) is 1. The SMILES string of the molecule is COc1c(CN2CC3(CC(N4CCC(C)(C(=O)O)CC4)=NO3)C2)cc(C2CC2)c(-c2ccc(F)cc2F)c1Cl. The summed E-state index contributed by atoms with van der Waals surface area (Å²) in [6.45, 7) is 5.10. The van der Waals surface area contributed by atoms with Crippen molar-refractivity contribution >= 4 is 23.4 Å². The topological polar surface area (TPSA) is 74.6 Å². The zero-order chi connectivity index (χ0) is 27.5. The van der Waals surface area contributed by atoms with Crippen molar-refractivity contribution in [3.8, 4) is 16.9 Å². The number of halogens is 3. The van der Waals surface area contributed by atoms with E-state index in [-0.39, 0.29) is 17.1 Å². The van der Waals surface area contributed by atoms with Crippen LogP contribution in [0.25, 0.3) is 11.1 Å². The van der Waals surface area contributed by atoms with Crippen molar-refractivity contribution in [1.82, 2.24) is 9.80 Å². The van der Waals surface area contributed by atoms with Gasteiger partial charge in [-0.05, 0) is 62.3 Å². The molecule has 208 valence electrons. The number of oxime groups is 1. The van der Waals surface area contributed by atoms with Crippen molar-refractivity contribution in [1.29, 1.82) is 0 Å². The van der Waals surface area contributed by atoms with E-state index in [9.17, 15) is 18.7 Å². The quantitative estimate of drug-likeness (QED) is 0.493. The van der Waals surface area contributed by atoms with E-state index < -0.39 is 23.0 Å². The Morgan fingerprint density at radius 2 is 1.95 bits per heavy atom. The van der Waals surface area contributed by atoms with Gasteiger partial charge >= 0.3 is 5.97 Å². The fraction of sp³-hybridized carbons (Fsp3) is 0.517. The Bertz CT molecular complexity index is 1350. The molecule has 2 aromatic carbocycles. The van der Waals surface area contributed by atoms with Crippen LogP contribution in [-0.2, 0) is 16.2 Å². The van der Waals surface area contributed by atoms with E-state index in [4.69, 9.17) is 21.2 Å². The lowest BCUT2D eigenvalue weighted by atomic mass is 9.80. The Labute approximate surface area is 231 Å². The van der Waals surface area contributed by atoms with Crippen LogP contribution in [0.15, 0.2) is 29.4 Å². The second-order valence-corrected chi connectivity index (χ2v) is 12.1. The fourth-order valence-electron chi connectivity index (χ4n) is 6.16. The van der Waals surface area contributed by atoms with Gasteiger partial charge in [-0.2, -0.15) is 0 Å². The van der Waals surface area contributed by atoms with Crippen molar-refractivity contribution in [3.05, 3.63) is 52.0 Å². The lowest BCUT2D eigenvalue weighted by Crippen LogP contribution is -2.61. The fourth-order valence-corrected chi connectivity index (χ4v) is 6.57. The number of hydrogen-bond acceptors (Lipinski definition) is 6. The van der Waals surface area contributed by atoms with Crippen molar-refractivity contribution in [2.75, 3.05) is 33.3 Å². The van der Waals surface area contributed by atoms with Gasteiger partial charge in [-0.1, -0.05) is 16.8 Å². The molecule has 0 aromatic heterocycles. The van der Waals surface area contributed by atoms with Crippen LogP contribution in [0.3, 0.4) is 0 Å². The molecule has 1 aliphatic carbocycles. The number of amidine groups is 1. The summed E-state index contributed by atoms with van der Waals surface area (Å²) >= 11 is 6.86. The minimum absolute atomic E-state index is 0.279. The second-order valence-electron chi connectivity index (χ2n) is 11.7. The molecule has 4 aliphatic rings. The average Bonchev–Trinajstić information content (AvgIpc) is 3.63. The van der Waals surface area contributed by atoms with E-state index in [0.29, 0.717) is 68.3 Å². The number of piperidine rings is 1. The van der Waals surface area contributed by atoms with Gasteiger partial charge in [0.1, 0.15) is 23.2 Å². The van der Waals surface area contributed by atoms with Gasteiger partial charge in [0.2, 0.25) is 0 Å². The highest BCUT2D eigenvalue weighted by Gasteiger charge is 2.51. The largest absolute Gasteiger partial charge is 0.495 e. The summed E-state index contributed by atoms with van der Waals surface area (Å²) in [7, 11) is 1.55. The predicted molar refractivity (Wildman–Crippen MR) is 143 cm³/mol. The number of methoxy groups -OCH3 is 1. The molecule has 10 heteroatoms. The summed E-state index contributed by atoms with van der Waals surface area (Å²) < 4.78 is 34.1. The number of ether oxygens (including phenoxy) is 1. The molecule has 0 radical (unpaired) electrons. The highest BCUT2D eigenvalue weighted by atomic mass is 35.5. The Morgan fingerprint density at radius 1 is 1.23 bits per heavy atom. The lowest BCUT2D eigenvalue weighted by Gasteiger charge is -2.46. The first-order valence-electron chi connectivity index (χ1n) is 13.4. The van der Waals surface area contributed by atoms with Crippen LogP contribution in [0.2, 0.25) is 5.02 Å². The number of rotatable bonds is 6. The molecule has 1 spiro atoms. The molecule has 2 aromatic rings. The van der Waals surface area contributed by atoms with Gasteiger partial charge in [-0.25, -0.2) is 8.78 Å². The van der Waals surface area contributed by atoms with Crippen molar-refractivity contribution in [3.63, 3.8) is 0 Å². The summed E-state index contributed by atoms with van der Waals surface area (Å²) in [4.78, 5) is 21.9. The molecule has 7 nitrogen and oxygen atoms in total. The van der Waals surface area contributed by atoms with Crippen LogP contribution in [-0.4, -0.2) is 65.6 Å². The maximum atomic E-state index is 14.8. The highest BCUT2D eigenvalue weighted by molar-refractivity contribution is 6.35. The van der Waals surface area contributed by atoms with Crippen LogP contribution in [0, 0.1) is 17.0 Å². The molecule has 0 bridgehead atoms. The second kappa shape index (κ2) is 9.63. The zero-order valence-corrected chi connectivity index (χ0v) is 22.9. The van der Waals surface area contributed by atoms with Gasteiger partial charge < -0.3 is 19.6 Å². The van der Waals surface area contributed by atoms with E-state index in [1.165, 1.54) is 12.1 Å². The third-order valence-corrected chi connectivity index (χ3v) is 9.10. The average molecular weight is 560 g/mol. The van der Waals surface area contributed by atoms with Gasteiger partial charge in [0.05, 0.1) is 24.0 Å². The number of carbonyl (C=O) groups is 1. The highest BCUT2D eigenvalue weighted by Crippen LogP contribution is 2.51. The monoisotopic (exact) mass is 559 g/mol. The smallest absolute Gasteiger partial charge is 0.309 e. The zero-order valence-electron chi connectivity index (χ0n) is 22.1. The van der Waals surface area contributed by atoms with Crippen LogP contribution in [0.4, 0.5) is 8.78 Å².